The van der Waals surface area contributed by atoms with E-state index in [1.165, 1.54) is 0 Å². The van der Waals surface area contributed by atoms with Gasteiger partial charge in [-0.15, -0.1) is 6.58 Å². The highest BCUT2D eigenvalue weighted by atomic mass is 16.7. The van der Waals surface area contributed by atoms with E-state index in [-0.39, 0.29) is 0 Å². The van der Waals surface area contributed by atoms with Crippen LogP contribution in [0, 0.1) is 0 Å². The molecule has 0 radical (unpaired) electrons. The van der Waals surface area contributed by atoms with Crippen LogP contribution in [0.5, 0.6) is 0 Å². The van der Waals surface area contributed by atoms with E-state index in [0.717, 1.165) is 27.8 Å². The molecule has 0 amide bonds. The molecule has 5 nitrogen and oxygen atoms in total. The van der Waals surface area contributed by atoms with Crippen molar-refractivity contribution in [3.05, 3.63) is 198 Å². The van der Waals surface area contributed by atoms with Gasteiger partial charge in [0.25, 0.3) is 0 Å². The van der Waals surface area contributed by atoms with E-state index in [1.54, 1.807) is 26.4 Å². The summed E-state index contributed by atoms with van der Waals surface area (Å²) in [6, 6.07) is 50.2. The summed E-state index contributed by atoms with van der Waals surface area (Å²) in [5, 5.41) is 11.6. The molecule has 0 spiro atoms. The Bertz CT molecular complexity index is 1570. The summed E-state index contributed by atoms with van der Waals surface area (Å²) in [5.74, 6) is -0.625. The zero-order valence-corrected chi connectivity index (χ0v) is 27.3. The lowest BCUT2D eigenvalue weighted by Crippen LogP contribution is -2.56. The monoisotopic (exact) mass is 636 g/mol. The molecule has 0 aromatic heterocycles. The van der Waals surface area contributed by atoms with Gasteiger partial charge in [0, 0.05) is 20.0 Å². The number of aliphatic hydroxyl groups excluding tert-OH is 1. The van der Waals surface area contributed by atoms with Gasteiger partial charge in [-0.2, -0.15) is 0 Å². The number of methoxy groups -OCH3 is 2. The molecule has 5 aromatic carbocycles. The molecule has 0 saturated carbocycles. The number of benzene rings is 5. The Balaban J connectivity index is 1.56. The summed E-state index contributed by atoms with van der Waals surface area (Å²) in [7, 11) is 2.50. The van der Waals surface area contributed by atoms with Gasteiger partial charge in [0.1, 0.15) is 23.4 Å². The van der Waals surface area contributed by atoms with Crippen molar-refractivity contribution in [1.29, 1.82) is 0 Å². The molecule has 0 aliphatic carbocycles. The SMILES string of the molecule is C=C[C@H](B1O[C@@H](C(OC)(c2ccccc2)c2ccccc2)[C@H](C(OC)(c2ccccc2)c2ccccc2)O1)[C@H](O)/C=C/c1ccccc1. The molecule has 242 valence electrons. The predicted octanol–water partition coefficient (Wildman–Crippen LogP) is 8.07. The molecule has 6 heteroatoms. The van der Waals surface area contributed by atoms with Crippen molar-refractivity contribution in [2.24, 2.45) is 0 Å². The standard InChI is InChI=1S/C42H41BO5/c1-4-37(38(44)31-30-32-20-10-5-11-21-32)43-47-39(41(45-2,33-22-12-6-13-23-33)34-24-14-7-15-25-34)40(48-43)42(46-3,35-26-16-8-17-27-35)36-28-18-9-19-29-36/h4-31,37-40,44H,1H2,2-3H3/b31-30+/t37-,38+,39+,40+/m0/s1. The van der Waals surface area contributed by atoms with Crippen LogP contribution in [-0.4, -0.2) is 44.8 Å². The van der Waals surface area contributed by atoms with Gasteiger partial charge in [-0.3, -0.25) is 0 Å². The third-order valence-electron chi connectivity index (χ3n) is 9.36. The van der Waals surface area contributed by atoms with E-state index >= 15 is 0 Å². The van der Waals surface area contributed by atoms with Crippen molar-refractivity contribution in [3.8, 4) is 0 Å². The van der Waals surface area contributed by atoms with Crippen LogP contribution in [-0.2, 0) is 30.0 Å². The molecule has 5 aromatic rings. The van der Waals surface area contributed by atoms with Gasteiger partial charge >= 0.3 is 7.12 Å². The Morgan fingerprint density at radius 3 is 1.25 bits per heavy atom. The number of rotatable bonds is 13. The number of hydrogen-bond acceptors (Lipinski definition) is 5. The quantitative estimate of drug-likeness (QED) is 0.105. The first-order valence-electron chi connectivity index (χ1n) is 16.3. The molecule has 1 saturated heterocycles. The molecular formula is C42H41BO5. The highest BCUT2D eigenvalue weighted by molar-refractivity contribution is 6.48. The summed E-state index contributed by atoms with van der Waals surface area (Å²) in [5.41, 5.74) is 2.25. The average Bonchev–Trinajstić information content (AvgIpc) is 3.59. The number of aliphatic hydroxyl groups is 1. The Labute approximate surface area is 284 Å². The van der Waals surface area contributed by atoms with Gasteiger partial charge in [0.15, 0.2) is 0 Å². The molecule has 6 rings (SSSR count). The molecule has 1 heterocycles. The largest absolute Gasteiger partial charge is 0.468 e. The third-order valence-corrected chi connectivity index (χ3v) is 9.36. The van der Waals surface area contributed by atoms with Gasteiger partial charge in [-0.05, 0) is 27.8 Å². The molecule has 0 bridgehead atoms. The first kappa shape index (κ1) is 33.3. The highest BCUT2D eigenvalue weighted by Gasteiger charge is 2.63. The van der Waals surface area contributed by atoms with Crippen LogP contribution in [0.15, 0.2) is 170 Å². The van der Waals surface area contributed by atoms with Crippen LogP contribution < -0.4 is 0 Å². The van der Waals surface area contributed by atoms with Crippen molar-refractivity contribution in [1.82, 2.24) is 0 Å². The van der Waals surface area contributed by atoms with Crippen molar-refractivity contribution in [2.75, 3.05) is 14.2 Å². The minimum absolute atomic E-state index is 0.625. The number of ether oxygens (including phenoxy) is 2. The van der Waals surface area contributed by atoms with E-state index in [4.69, 9.17) is 18.8 Å². The van der Waals surface area contributed by atoms with Crippen molar-refractivity contribution < 1.29 is 23.9 Å². The van der Waals surface area contributed by atoms with Crippen LogP contribution in [0.2, 0.25) is 5.82 Å². The molecule has 4 atom stereocenters. The van der Waals surface area contributed by atoms with Crippen LogP contribution >= 0.6 is 0 Å². The lowest BCUT2D eigenvalue weighted by molar-refractivity contribution is -0.136. The van der Waals surface area contributed by atoms with Gasteiger partial charge < -0.3 is 23.9 Å². The maximum atomic E-state index is 11.6. The summed E-state index contributed by atoms with van der Waals surface area (Å²) in [4.78, 5) is 0. The Morgan fingerprint density at radius 1 is 0.604 bits per heavy atom. The summed E-state index contributed by atoms with van der Waals surface area (Å²) in [6.07, 6.45) is 2.85. The molecule has 1 aliphatic heterocycles. The number of hydrogen-bond donors (Lipinski definition) is 1. The zero-order chi connectivity index (χ0) is 33.4. The predicted molar refractivity (Wildman–Crippen MR) is 192 cm³/mol. The van der Waals surface area contributed by atoms with Gasteiger partial charge in [-0.25, -0.2) is 0 Å². The normalized spacial score (nSPS) is 18.1. The molecule has 1 N–H and O–H groups in total. The van der Waals surface area contributed by atoms with E-state index < -0.39 is 42.4 Å². The van der Waals surface area contributed by atoms with Crippen LogP contribution in [0.4, 0.5) is 0 Å². The van der Waals surface area contributed by atoms with Crippen molar-refractivity contribution in [2.45, 2.75) is 35.3 Å². The first-order valence-corrected chi connectivity index (χ1v) is 16.3. The highest BCUT2D eigenvalue weighted by Crippen LogP contribution is 2.51. The average molecular weight is 637 g/mol. The minimum atomic E-state index is -1.15. The van der Waals surface area contributed by atoms with Crippen molar-refractivity contribution in [3.63, 3.8) is 0 Å². The summed E-state index contributed by atoms with van der Waals surface area (Å²) in [6.45, 7) is 4.11. The molecular weight excluding hydrogens is 595 g/mol. The van der Waals surface area contributed by atoms with E-state index in [0.29, 0.717) is 0 Å². The fourth-order valence-electron chi connectivity index (χ4n) is 7.01. The van der Waals surface area contributed by atoms with Gasteiger partial charge in [0.05, 0.1) is 6.10 Å². The fraction of sp³-hybridized carbons (Fsp3) is 0.190. The Kier molecular flexibility index (Phi) is 10.5. The van der Waals surface area contributed by atoms with Crippen LogP contribution in [0.1, 0.15) is 27.8 Å². The maximum absolute atomic E-state index is 11.6. The van der Waals surface area contributed by atoms with Crippen LogP contribution in [0.25, 0.3) is 6.08 Å². The molecule has 48 heavy (non-hydrogen) atoms. The second kappa shape index (κ2) is 15.1. The van der Waals surface area contributed by atoms with Crippen LogP contribution in [0.3, 0.4) is 0 Å². The lowest BCUT2D eigenvalue weighted by atomic mass is 9.68. The third kappa shape index (κ3) is 6.21. The molecule has 1 aliphatic rings. The minimum Gasteiger partial charge on any atom is -0.401 e. The topological polar surface area (TPSA) is 57.2 Å². The van der Waals surface area contributed by atoms with Crippen molar-refractivity contribution >= 4 is 13.2 Å². The maximum Gasteiger partial charge on any atom is 0.468 e. The summed E-state index contributed by atoms with van der Waals surface area (Å²) >= 11 is 0. The first-order chi connectivity index (χ1) is 23.6. The fourth-order valence-corrected chi connectivity index (χ4v) is 7.01. The van der Waals surface area contributed by atoms with E-state index in [2.05, 4.69) is 6.58 Å². The van der Waals surface area contributed by atoms with E-state index in [9.17, 15) is 5.11 Å². The lowest BCUT2D eigenvalue weighted by Gasteiger charge is -2.47. The molecule has 1 fully saturated rings. The summed E-state index contributed by atoms with van der Waals surface area (Å²) < 4.78 is 27.6. The van der Waals surface area contributed by atoms with E-state index in [1.807, 2.05) is 158 Å². The van der Waals surface area contributed by atoms with Gasteiger partial charge in [0.2, 0.25) is 0 Å². The van der Waals surface area contributed by atoms with Gasteiger partial charge in [-0.1, -0.05) is 170 Å². The second-order valence-corrected chi connectivity index (χ2v) is 11.9. The smallest absolute Gasteiger partial charge is 0.401 e. The zero-order valence-electron chi connectivity index (χ0n) is 27.3. The Hall–Kier alpha value is -4.56. The molecule has 0 unspecified atom stereocenters. The second-order valence-electron chi connectivity index (χ2n) is 11.9. The Morgan fingerprint density at radius 2 is 0.938 bits per heavy atom.